The van der Waals surface area contributed by atoms with Crippen LogP contribution in [-0.2, 0) is 11.2 Å². The molecule has 0 saturated heterocycles. The summed E-state index contributed by atoms with van der Waals surface area (Å²) in [6, 6.07) is 16.2. The summed E-state index contributed by atoms with van der Waals surface area (Å²) in [7, 11) is 0. The summed E-state index contributed by atoms with van der Waals surface area (Å²) in [6.07, 6.45) is 2.22. The van der Waals surface area contributed by atoms with E-state index in [1.807, 2.05) is 30.3 Å². The molecule has 1 amide bonds. The highest BCUT2D eigenvalue weighted by atomic mass is 32.1. The second-order valence-electron chi connectivity index (χ2n) is 6.32. The zero-order chi connectivity index (χ0) is 17.8. The maximum atomic E-state index is 12.9. The number of nitrogens with zero attached hydrogens (tertiary/aromatic N) is 1. The van der Waals surface area contributed by atoms with E-state index in [9.17, 15) is 4.79 Å². The summed E-state index contributed by atoms with van der Waals surface area (Å²) in [4.78, 5) is 17.6. The van der Waals surface area contributed by atoms with Crippen molar-refractivity contribution >= 4 is 28.6 Å². The number of ether oxygens (including phenoxy) is 1. The van der Waals surface area contributed by atoms with E-state index in [2.05, 4.69) is 33.9 Å². The zero-order valence-corrected chi connectivity index (χ0v) is 16.1. The second-order valence-corrected chi connectivity index (χ2v) is 8.30. The molecule has 2 aromatic heterocycles. The van der Waals surface area contributed by atoms with E-state index in [0.717, 1.165) is 25.1 Å². The number of hydrogen-bond acceptors (Lipinski definition) is 4. The van der Waals surface area contributed by atoms with Crippen LogP contribution in [0.15, 0.2) is 59.3 Å². The summed E-state index contributed by atoms with van der Waals surface area (Å²) in [5.74, 6) is 1.08. The molecule has 1 aliphatic heterocycles. The van der Waals surface area contributed by atoms with Gasteiger partial charge in [0.1, 0.15) is 5.75 Å². The predicted octanol–water partition coefficient (Wildman–Crippen LogP) is 5.14. The monoisotopic (exact) mass is 383 g/mol. The molecule has 0 aliphatic carbocycles. The molecule has 3 heterocycles. The zero-order valence-electron chi connectivity index (χ0n) is 14.5. The Hall–Kier alpha value is -2.11. The van der Waals surface area contributed by atoms with Crippen LogP contribution in [-0.4, -0.2) is 24.0 Å². The van der Waals surface area contributed by atoms with Crippen molar-refractivity contribution in [1.82, 2.24) is 4.90 Å². The molecule has 5 heteroatoms. The van der Waals surface area contributed by atoms with Crippen LogP contribution in [0.3, 0.4) is 0 Å². The third-order valence-electron chi connectivity index (χ3n) is 4.65. The van der Waals surface area contributed by atoms with Crippen LogP contribution in [0.5, 0.6) is 5.75 Å². The minimum Gasteiger partial charge on any atom is -0.494 e. The highest BCUT2D eigenvalue weighted by Gasteiger charge is 2.32. The maximum absolute atomic E-state index is 12.9. The van der Waals surface area contributed by atoms with Crippen LogP contribution in [0.25, 0.3) is 0 Å². The van der Waals surface area contributed by atoms with Gasteiger partial charge in [0.2, 0.25) is 5.91 Å². The van der Waals surface area contributed by atoms with E-state index in [1.165, 1.54) is 15.3 Å². The summed E-state index contributed by atoms with van der Waals surface area (Å²) in [5.41, 5.74) is 1.30. The van der Waals surface area contributed by atoms with Crippen LogP contribution in [0.4, 0.5) is 0 Å². The Kier molecular flexibility index (Phi) is 5.37. The first kappa shape index (κ1) is 17.3. The van der Waals surface area contributed by atoms with Gasteiger partial charge in [-0.15, -0.1) is 22.7 Å². The van der Waals surface area contributed by atoms with Crippen molar-refractivity contribution in [3.63, 3.8) is 0 Å². The standard InChI is InChI=1S/C21H21NO2S2/c23-20(9-4-13-24-16-6-2-1-3-7-16)22-12-10-18-17(11-15-26-18)21(22)19-8-5-14-25-19/h1-3,5-8,11,14-15,21H,4,9-10,12-13H2/t21-/m1/s1. The van der Waals surface area contributed by atoms with E-state index in [4.69, 9.17) is 4.74 Å². The van der Waals surface area contributed by atoms with Crippen LogP contribution >= 0.6 is 22.7 Å². The average molecular weight is 384 g/mol. The summed E-state index contributed by atoms with van der Waals surface area (Å²) < 4.78 is 5.72. The van der Waals surface area contributed by atoms with E-state index in [0.29, 0.717) is 13.0 Å². The maximum Gasteiger partial charge on any atom is 0.223 e. The molecular formula is C21H21NO2S2. The Morgan fingerprint density at radius 2 is 1.96 bits per heavy atom. The van der Waals surface area contributed by atoms with Crippen molar-refractivity contribution in [2.75, 3.05) is 13.2 Å². The Bertz CT molecular complexity index is 842. The average Bonchev–Trinajstić information content (AvgIpc) is 3.36. The fraction of sp³-hybridized carbons (Fsp3) is 0.286. The van der Waals surface area contributed by atoms with Crippen molar-refractivity contribution in [2.24, 2.45) is 0 Å². The first-order valence-electron chi connectivity index (χ1n) is 8.90. The van der Waals surface area contributed by atoms with E-state index >= 15 is 0 Å². The van der Waals surface area contributed by atoms with Crippen LogP contribution in [0, 0.1) is 0 Å². The minimum absolute atomic E-state index is 0.0764. The highest BCUT2D eigenvalue weighted by molar-refractivity contribution is 7.10. The van der Waals surface area contributed by atoms with Gasteiger partial charge in [0.25, 0.3) is 0 Å². The smallest absolute Gasteiger partial charge is 0.223 e. The van der Waals surface area contributed by atoms with Crippen LogP contribution in [0.2, 0.25) is 0 Å². The van der Waals surface area contributed by atoms with Crippen molar-refractivity contribution in [3.8, 4) is 5.75 Å². The lowest BCUT2D eigenvalue weighted by atomic mass is 9.98. The van der Waals surface area contributed by atoms with Gasteiger partial charge in [-0.1, -0.05) is 24.3 Å². The highest BCUT2D eigenvalue weighted by Crippen LogP contribution is 2.39. The van der Waals surface area contributed by atoms with Crippen LogP contribution < -0.4 is 4.74 Å². The van der Waals surface area contributed by atoms with Crippen molar-refractivity contribution < 1.29 is 9.53 Å². The Morgan fingerprint density at radius 3 is 2.77 bits per heavy atom. The SMILES string of the molecule is O=C(CCCOc1ccccc1)N1CCc2sccc2[C@@H]1c1cccs1. The van der Waals surface area contributed by atoms with Gasteiger partial charge in [-0.2, -0.15) is 0 Å². The molecule has 0 fully saturated rings. The van der Waals surface area contributed by atoms with E-state index in [1.54, 1.807) is 22.7 Å². The molecule has 0 saturated carbocycles. The van der Waals surface area contributed by atoms with Gasteiger partial charge in [0, 0.05) is 22.7 Å². The largest absolute Gasteiger partial charge is 0.494 e. The molecule has 3 aromatic rings. The molecular weight excluding hydrogens is 362 g/mol. The lowest BCUT2D eigenvalue weighted by molar-refractivity contribution is -0.133. The van der Waals surface area contributed by atoms with Crippen molar-refractivity contribution in [1.29, 1.82) is 0 Å². The van der Waals surface area contributed by atoms with Gasteiger partial charge < -0.3 is 9.64 Å². The Balaban J connectivity index is 1.40. The third kappa shape index (κ3) is 3.69. The molecule has 0 spiro atoms. The molecule has 1 aliphatic rings. The van der Waals surface area contributed by atoms with Gasteiger partial charge in [-0.25, -0.2) is 0 Å². The third-order valence-corrected chi connectivity index (χ3v) is 6.57. The van der Waals surface area contributed by atoms with E-state index in [-0.39, 0.29) is 11.9 Å². The second kappa shape index (κ2) is 8.06. The molecule has 1 aromatic carbocycles. The molecule has 3 nitrogen and oxygen atoms in total. The number of fused-ring (bicyclic) bond motifs is 1. The molecule has 1 atom stereocenters. The Labute approximate surface area is 161 Å². The number of para-hydroxylation sites is 1. The lowest BCUT2D eigenvalue weighted by Crippen LogP contribution is -2.39. The van der Waals surface area contributed by atoms with Gasteiger partial charge >= 0.3 is 0 Å². The first-order chi connectivity index (χ1) is 12.8. The lowest BCUT2D eigenvalue weighted by Gasteiger charge is -2.35. The molecule has 0 N–H and O–H groups in total. The fourth-order valence-corrected chi connectivity index (χ4v) is 5.17. The van der Waals surface area contributed by atoms with Gasteiger partial charge in [-0.05, 0) is 53.4 Å². The molecule has 4 rings (SSSR count). The number of amides is 1. The molecule has 0 radical (unpaired) electrons. The summed E-state index contributed by atoms with van der Waals surface area (Å²) in [6.45, 7) is 1.37. The molecule has 0 bridgehead atoms. The molecule has 26 heavy (non-hydrogen) atoms. The van der Waals surface area contributed by atoms with E-state index < -0.39 is 0 Å². The minimum atomic E-state index is 0.0764. The predicted molar refractivity (Wildman–Crippen MR) is 107 cm³/mol. The number of hydrogen-bond donors (Lipinski definition) is 0. The number of carbonyl (C=O) groups excluding carboxylic acids is 1. The van der Waals surface area contributed by atoms with Crippen LogP contribution in [0.1, 0.15) is 34.2 Å². The number of thiophene rings is 2. The summed E-state index contributed by atoms with van der Waals surface area (Å²) in [5, 5.41) is 4.24. The quantitative estimate of drug-likeness (QED) is 0.551. The number of rotatable bonds is 6. The topological polar surface area (TPSA) is 29.5 Å². The molecule has 134 valence electrons. The van der Waals surface area contributed by atoms with Crippen molar-refractivity contribution in [3.05, 3.63) is 74.6 Å². The normalized spacial score (nSPS) is 16.3. The number of benzene rings is 1. The van der Waals surface area contributed by atoms with Crippen molar-refractivity contribution in [2.45, 2.75) is 25.3 Å². The van der Waals surface area contributed by atoms with Gasteiger partial charge in [0.15, 0.2) is 0 Å². The van der Waals surface area contributed by atoms with Gasteiger partial charge in [-0.3, -0.25) is 4.79 Å². The summed E-state index contributed by atoms with van der Waals surface area (Å²) >= 11 is 3.54. The van der Waals surface area contributed by atoms with Gasteiger partial charge in [0.05, 0.1) is 12.6 Å². The Morgan fingerprint density at radius 1 is 1.08 bits per heavy atom. The molecule has 0 unspecified atom stereocenters. The fourth-order valence-electron chi connectivity index (χ4n) is 3.41. The first-order valence-corrected chi connectivity index (χ1v) is 10.7. The number of carbonyl (C=O) groups is 1.